The first-order valence-electron chi connectivity index (χ1n) is 6.63. The van der Waals surface area contributed by atoms with E-state index in [9.17, 15) is 5.11 Å². The second-order valence-electron chi connectivity index (χ2n) is 5.48. The van der Waals surface area contributed by atoms with Crippen LogP contribution in [0.25, 0.3) is 0 Å². The predicted molar refractivity (Wildman–Crippen MR) is 71.3 cm³/mol. The molecule has 0 amide bonds. The lowest BCUT2D eigenvalue weighted by Crippen LogP contribution is -2.40. The van der Waals surface area contributed by atoms with Crippen LogP contribution in [0.1, 0.15) is 43.7 Å². The standard InChI is InChI=1S/C15H23NO/c1-3-8-15(2,17)11-16-10-13-9-12-6-4-5-7-14(12)13/h4-7,13,16-17H,3,8-11H2,1-2H3. The summed E-state index contributed by atoms with van der Waals surface area (Å²) in [4.78, 5) is 0. The van der Waals surface area contributed by atoms with Gasteiger partial charge in [0.1, 0.15) is 0 Å². The van der Waals surface area contributed by atoms with Crippen LogP contribution in [-0.4, -0.2) is 23.8 Å². The van der Waals surface area contributed by atoms with Gasteiger partial charge in [-0.2, -0.15) is 0 Å². The fourth-order valence-electron chi connectivity index (χ4n) is 2.69. The summed E-state index contributed by atoms with van der Waals surface area (Å²) in [5, 5.41) is 13.5. The van der Waals surface area contributed by atoms with E-state index < -0.39 is 5.60 Å². The summed E-state index contributed by atoms with van der Waals surface area (Å²) in [6, 6.07) is 8.64. The molecule has 0 saturated heterocycles. The van der Waals surface area contributed by atoms with E-state index in [4.69, 9.17) is 0 Å². The Labute approximate surface area is 104 Å². The number of hydrogen-bond acceptors (Lipinski definition) is 2. The third-order valence-corrected chi connectivity index (χ3v) is 3.65. The Bertz CT molecular complexity index is 373. The fourth-order valence-corrected chi connectivity index (χ4v) is 2.69. The monoisotopic (exact) mass is 233 g/mol. The Balaban J connectivity index is 1.75. The summed E-state index contributed by atoms with van der Waals surface area (Å²) in [7, 11) is 0. The van der Waals surface area contributed by atoms with Gasteiger partial charge in [0.05, 0.1) is 5.60 Å². The van der Waals surface area contributed by atoms with Crippen LogP contribution < -0.4 is 5.32 Å². The van der Waals surface area contributed by atoms with E-state index in [1.165, 1.54) is 17.5 Å². The van der Waals surface area contributed by atoms with Crippen LogP contribution in [0.2, 0.25) is 0 Å². The largest absolute Gasteiger partial charge is 0.389 e. The Morgan fingerprint density at radius 2 is 2.18 bits per heavy atom. The summed E-state index contributed by atoms with van der Waals surface area (Å²) < 4.78 is 0. The topological polar surface area (TPSA) is 32.3 Å². The highest BCUT2D eigenvalue weighted by Crippen LogP contribution is 2.34. The highest BCUT2D eigenvalue weighted by molar-refractivity contribution is 5.40. The molecule has 0 spiro atoms. The van der Waals surface area contributed by atoms with E-state index in [-0.39, 0.29) is 0 Å². The number of fused-ring (bicyclic) bond motifs is 1. The van der Waals surface area contributed by atoms with Crippen LogP contribution in [-0.2, 0) is 6.42 Å². The van der Waals surface area contributed by atoms with Gasteiger partial charge < -0.3 is 10.4 Å². The van der Waals surface area contributed by atoms with Crippen molar-refractivity contribution in [3.05, 3.63) is 35.4 Å². The smallest absolute Gasteiger partial charge is 0.0743 e. The van der Waals surface area contributed by atoms with E-state index in [1.54, 1.807) is 0 Å². The van der Waals surface area contributed by atoms with Crippen molar-refractivity contribution < 1.29 is 5.11 Å². The normalized spacial score (nSPS) is 21.5. The average Bonchev–Trinajstić information content (AvgIpc) is 2.24. The maximum absolute atomic E-state index is 10.1. The van der Waals surface area contributed by atoms with Gasteiger partial charge in [0.2, 0.25) is 0 Å². The number of benzene rings is 1. The van der Waals surface area contributed by atoms with E-state index in [1.807, 2.05) is 6.92 Å². The Hall–Kier alpha value is -0.860. The lowest BCUT2D eigenvalue weighted by atomic mass is 9.77. The predicted octanol–water partition coefficient (Wildman–Crippen LogP) is 2.47. The fraction of sp³-hybridized carbons (Fsp3) is 0.600. The Kier molecular flexibility index (Phi) is 3.85. The molecule has 1 aromatic rings. The van der Waals surface area contributed by atoms with Gasteiger partial charge in [0.15, 0.2) is 0 Å². The van der Waals surface area contributed by atoms with Crippen molar-refractivity contribution in [2.75, 3.05) is 13.1 Å². The van der Waals surface area contributed by atoms with Crippen LogP contribution in [0.4, 0.5) is 0 Å². The molecule has 0 bridgehead atoms. The van der Waals surface area contributed by atoms with Gasteiger partial charge in [0, 0.05) is 19.0 Å². The van der Waals surface area contributed by atoms with Crippen LogP contribution in [0, 0.1) is 0 Å². The summed E-state index contributed by atoms with van der Waals surface area (Å²) >= 11 is 0. The molecule has 94 valence electrons. The van der Waals surface area contributed by atoms with Crippen molar-refractivity contribution >= 4 is 0 Å². The second-order valence-corrected chi connectivity index (χ2v) is 5.48. The van der Waals surface area contributed by atoms with Crippen molar-refractivity contribution in [1.29, 1.82) is 0 Å². The maximum atomic E-state index is 10.1. The van der Waals surface area contributed by atoms with E-state index in [0.29, 0.717) is 12.5 Å². The van der Waals surface area contributed by atoms with Crippen molar-refractivity contribution in [2.45, 2.75) is 44.6 Å². The Morgan fingerprint density at radius 1 is 1.41 bits per heavy atom. The molecule has 1 aliphatic carbocycles. The molecule has 2 heteroatoms. The quantitative estimate of drug-likeness (QED) is 0.791. The van der Waals surface area contributed by atoms with Gasteiger partial charge in [0.25, 0.3) is 0 Å². The molecule has 0 radical (unpaired) electrons. The van der Waals surface area contributed by atoms with Gasteiger partial charge in [-0.3, -0.25) is 0 Å². The number of aliphatic hydroxyl groups is 1. The van der Waals surface area contributed by atoms with Gasteiger partial charge >= 0.3 is 0 Å². The first-order chi connectivity index (χ1) is 8.12. The van der Waals surface area contributed by atoms with Crippen LogP contribution in [0.3, 0.4) is 0 Å². The minimum absolute atomic E-state index is 0.558. The number of rotatable bonds is 6. The SMILES string of the molecule is CCCC(C)(O)CNCC1Cc2ccccc21. The van der Waals surface area contributed by atoms with E-state index in [2.05, 4.69) is 36.5 Å². The highest BCUT2D eigenvalue weighted by atomic mass is 16.3. The Morgan fingerprint density at radius 3 is 2.88 bits per heavy atom. The molecule has 0 fully saturated rings. The van der Waals surface area contributed by atoms with Gasteiger partial charge in [-0.25, -0.2) is 0 Å². The van der Waals surface area contributed by atoms with Crippen LogP contribution in [0.15, 0.2) is 24.3 Å². The molecule has 17 heavy (non-hydrogen) atoms. The molecule has 1 aliphatic rings. The zero-order valence-corrected chi connectivity index (χ0v) is 10.9. The third-order valence-electron chi connectivity index (χ3n) is 3.65. The van der Waals surface area contributed by atoms with Gasteiger partial charge in [-0.05, 0) is 30.9 Å². The molecule has 0 aromatic heterocycles. The van der Waals surface area contributed by atoms with E-state index >= 15 is 0 Å². The number of nitrogens with one attached hydrogen (secondary N) is 1. The minimum Gasteiger partial charge on any atom is -0.389 e. The molecular formula is C15H23NO. The molecule has 0 aliphatic heterocycles. The summed E-state index contributed by atoms with van der Waals surface area (Å²) in [6.07, 6.45) is 3.07. The van der Waals surface area contributed by atoms with E-state index in [0.717, 1.165) is 19.4 Å². The lowest BCUT2D eigenvalue weighted by Gasteiger charge is -2.32. The van der Waals surface area contributed by atoms with Gasteiger partial charge in [-0.1, -0.05) is 37.6 Å². The summed E-state index contributed by atoms with van der Waals surface area (Å²) in [5.41, 5.74) is 2.41. The molecule has 2 rings (SSSR count). The summed E-state index contributed by atoms with van der Waals surface area (Å²) in [5.74, 6) is 0.642. The first-order valence-corrected chi connectivity index (χ1v) is 6.63. The first kappa shape index (κ1) is 12.6. The maximum Gasteiger partial charge on any atom is 0.0743 e. The zero-order chi connectivity index (χ0) is 12.3. The molecule has 0 saturated carbocycles. The minimum atomic E-state index is -0.558. The number of hydrogen-bond donors (Lipinski definition) is 2. The van der Waals surface area contributed by atoms with Crippen molar-refractivity contribution in [1.82, 2.24) is 5.32 Å². The van der Waals surface area contributed by atoms with Crippen molar-refractivity contribution in [3.8, 4) is 0 Å². The van der Waals surface area contributed by atoms with Crippen molar-refractivity contribution in [2.24, 2.45) is 0 Å². The van der Waals surface area contributed by atoms with Gasteiger partial charge in [-0.15, -0.1) is 0 Å². The zero-order valence-electron chi connectivity index (χ0n) is 10.9. The lowest BCUT2D eigenvalue weighted by molar-refractivity contribution is 0.0497. The summed E-state index contributed by atoms with van der Waals surface area (Å²) in [6.45, 7) is 5.70. The molecule has 2 N–H and O–H groups in total. The molecular weight excluding hydrogens is 210 g/mol. The average molecular weight is 233 g/mol. The molecule has 2 atom stereocenters. The second kappa shape index (κ2) is 5.19. The van der Waals surface area contributed by atoms with Crippen molar-refractivity contribution in [3.63, 3.8) is 0 Å². The van der Waals surface area contributed by atoms with Crippen LogP contribution in [0.5, 0.6) is 0 Å². The molecule has 0 heterocycles. The highest BCUT2D eigenvalue weighted by Gasteiger charge is 2.26. The molecule has 2 unspecified atom stereocenters. The molecule has 1 aromatic carbocycles. The van der Waals surface area contributed by atoms with Crippen LogP contribution >= 0.6 is 0 Å². The molecule has 2 nitrogen and oxygen atoms in total. The third kappa shape index (κ3) is 3.08.